The third-order valence-electron chi connectivity index (χ3n) is 7.59. The smallest absolute Gasteiger partial charge is 0.305 e. The highest BCUT2D eigenvalue weighted by Gasteiger charge is 2.30. The van der Waals surface area contributed by atoms with Crippen LogP contribution in [0, 0.1) is 17.8 Å². The van der Waals surface area contributed by atoms with E-state index in [0.717, 1.165) is 56.5 Å². The zero-order valence-corrected chi connectivity index (χ0v) is 20.2. The molecule has 1 saturated carbocycles. The fourth-order valence-corrected chi connectivity index (χ4v) is 6.14. The van der Waals surface area contributed by atoms with Crippen molar-refractivity contribution in [2.75, 3.05) is 25.9 Å². The summed E-state index contributed by atoms with van der Waals surface area (Å²) in [5.74, 6) is 2.06. The Labute approximate surface area is 190 Å². The van der Waals surface area contributed by atoms with Crippen molar-refractivity contribution in [2.45, 2.75) is 63.3 Å². The molecule has 7 nitrogen and oxygen atoms in total. The molecule has 1 aromatic heterocycles. The first-order valence-electron chi connectivity index (χ1n) is 11.8. The van der Waals surface area contributed by atoms with Gasteiger partial charge in [0.15, 0.2) is 9.84 Å². The van der Waals surface area contributed by atoms with Gasteiger partial charge < -0.3 is 4.98 Å². The fourth-order valence-electron chi connectivity index (χ4n) is 5.50. The van der Waals surface area contributed by atoms with E-state index in [9.17, 15) is 18.0 Å². The molecule has 0 amide bonds. The van der Waals surface area contributed by atoms with Crippen molar-refractivity contribution in [3.05, 3.63) is 28.7 Å². The summed E-state index contributed by atoms with van der Waals surface area (Å²) in [6.45, 7) is 6.65. The number of aromatic nitrogens is 2. The van der Waals surface area contributed by atoms with Crippen LogP contribution < -0.4 is 5.69 Å². The second kappa shape index (κ2) is 9.14. The second-order valence-corrected chi connectivity index (χ2v) is 12.1. The van der Waals surface area contributed by atoms with E-state index in [1.165, 1.54) is 18.9 Å². The van der Waals surface area contributed by atoms with Crippen molar-refractivity contribution in [3.63, 3.8) is 0 Å². The number of likely N-dealkylation sites (tertiary alicyclic amines) is 1. The van der Waals surface area contributed by atoms with Crippen molar-refractivity contribution in [3.8, 4) is 0 Å². The Morgan fingerprint density at radius 2 is 1.75 bits per heavy atom. The number of imidazole rings is 1. The lowest BCUT2D eigenvalue weighted by molar-refractivity contribution is -0.125. The number of H-pyrrole nitrogens is 1. The van der Waals surface area contributed by atoms with E-state index in [-0.39, 0.29) is 22.5 Å². The number of carbonyl (C=O) groups excluding carboxylic acids is 1. The molecule has 32 heavy (non-hydrogen) atoms. The first-order valence-corrected chi connectivity index (χ1v) is 13.7. The number of sulfone groups is 1. The Hall–Kier alpha value is -1.93. The van der Waals surface area contributed by atoms with Crippen LogP contribution in [0.1, 0.15) is 58.4 Å². The van der Waals surface area contributed by atoms with Gasteiger partial charge in [-0.1, -0.05) is 13.8 Å². The predicted molar refractivity (Wildman–Crippen MR) is 126 cm³/mol. The molecule has 2 heterocycles. The van der Waals surface area contributed by atoms with Gasteiger partial charge in [-0.2, -0.15) is 0 Å². The molecule has 0 unspecified atom stereocenters. The lowest BCUT2D eigenvalue weighted by Gasteiger charge is -2.34. The molecule has 0 bridgehead atoms. The summed E-state index contributed by atoms with van der Waals surface area (Å²) < 4.78 is 25.4. The van der Waals surface area contributed by atoms with Gasteiger partial charge in [0.2, 0.25) is 0 Å². The second-order valence-electron chi connectivity index (χ2n) is 10.1. The molecule has 1 aliphatic heterocycles. The van der Waals surface area contributed by atoms with Gasteiger partial charge in [-0.15, -0.1) is 0 Å². The normalized spacial score (nSPS) is 23.8. The number of nitrogens with zero attached hydrogens (tertiary/aromatic N) is 2. The van der Waals surface area contributed by atoms with Gasteiger partial charge in [0.1, 0.15) is 5.78 Å². The average Bonchev–Trinajstić information content (AvgIpc) is 3.08. The number of nitrogens with one attached hydrogen (secondary N) is 1. The van der Waals surface area contributed by atoms with Crippen LogP contribution in [-0.2, 0) is 14.6 Å². The molecule has 1 saturated heterocycles. The monoisotopic (exact) mass is 461 g/mol. The van der Waals surface area contributed by atoms with Crippen LogP contribution in [0.2, 0.25) is 0 Å². The Morgan fingerprint density at radius 1 is 1.09 bits per heavy atom. The van der Waals surface area contributed by atoms with Crippen LogP contribution in [-0.4, -0.2) is 54.5 Å². The minimum atomic E-state index is -3.33. The molecule has 1 N–H and O–H groups in total. The summed E-state index contributed by atoms with van der Waals surface area (Å²) in [5.41, 5.74) is 1.08. The summed E-state index contributed by atoms with van der Waals surface area (Å²) in [7, 11) is -3.33. The molecule has 1 aromatic carbocycles. The molecule has 4 rings (SSSR count). The quantitative estimate of drug-likeness (QED) is 0.712. The number of piperidine rings is 1. The van der Waals surface area contributed by atoms with Crippen LogP contribution in [0.3, 0.4) is 0 Å². The third kappa shape index (κ3) is 4.86. The molecule has 2 aromatic rings. The highest BCUT2D eigenvalue weighted by Crippen LogP contribution is 2.34. The molecular weight excluding hydrogens is 426 g/mol. The van der Waals surface area contributed by atoms with E-state index >= 15 is 0 Å². The van der Waals surface area contributed by atoms with Gasteiger partial charge in [-0.3, -0.25) is 14.3 Å². The Kier molecular flexibility index (Phi) is 6.63. The first kappa shape index (κ1) is 23.2. The zero-order valence-electron chi connectivity index (χ0n) is 19.3. The molecule has 176 valence electrons. The number of hydrogen-bond acceptors (Lipinski definition) is 5. The maximum atomic E-state index is 12.8. The third-order valence-corrected chi connectivity index (χ3v) is 8.70. The summed E-state index contributed by atoms with van der Waals surface area (Å²) in [5, 5.41) is 0. The highest BCUT2D eigenvalue weighted by molar-refractivity contribution is 7.90. The summed E-state index contributed by atoms with van der Waals surface area (Å²) in [6.07, 6.45) is 7.15. The standard InChI is InChI=1S/C24H35N3O4S/c1-16(2)17-4-6-18(7-5-17)23(28)15-26-12-10-19(11-13-26)27-22-9-8-20(32(3,30)31)14-21(22)25-24(27)29/h8-9,14,16-19H,4-7,10-13,15H2,1-3H3,(H,25,29). The van der Waals surface area contributed by atoms with Crippen LogP contribution >= 0.6 is 0 Å². The average molecular weight is 462 g/mol. The van der Waals surface area contributed by atoms with Crippen LogP contribution in [0.15, 0.2) is 27.9 Å². The summed E-state index contributed by atoms with van der Waals surface area (Å²) >= 11 is 0. The maximum Gasteiger partial charge on any atom is 0.326 e. The van der Waals surface area contributed by atoms with Gasteiger partial charge in [-0.25, -0.2) is 13.2 Å². The van der Waals surface area contributed by atoms with Gasteiger partial charge >= 0.3 is 5.69 Å². The summed E-state index contributed by atoms with van der Waals surface area (Å²) in [6, 6.07) is 4.86. The Bertz CT molecular complexity index is 1130. The lowest BCUT2D eigenvalue weighted by atomic mass is 9.75. The van der Waals surface area contributed by atoms with Crippen molar-refractivity contribution in [2.24, 2.45) is 17.8 Å². The van der Waals surface area contributed by atoms with Crippen molar-refractivity contribution < 1.29 is 13.2 Å². The van der Waals surface area contributed by atoms with Gasteiger partial charge in [0.25, 0.3) is 0 Å². The minimum absolute atomic E-state index is 0.0492. The largest absolute Gasteiger partial charge is 0.326 e. The van der Waals surface area contributed by atoms with E-state index in [4.69, 9.17) is 0 Å². The molecule has 8 heteroatoms. The van der Waals surface area contributed by atoms with Crippen molar-refractivity contribution in [1.82, 2.24) is 14.5 Å². The first-order chi connectivity index (χ1) is 15.1. The number of Topliss-reactive ketones (excluding diaryl/α,β-unsaturated/α-hetero) is 1. The minimum Gasteiger partial charge on any atom is -0.305 e. The van der Waals surface area contributed by atoms with Gasteiger partial charge in [0, 0.05) is 31.3 Å². The molecular formula is C24H35N3O4S. The molecule has 0 atom stereocenters. The molecule has 2 aliphatic rings. The van der Waals surface area contributed by atoms with E-state index in [2.05, 4.69) is 23.7 Å². The topological polar surface area (TPSA) is 92.2 Å². The number of ketones is 1. The van der Waals surface area contributed by atoms with Crippen LogP contribution in [0.4, 0.5) is 0 Å². The maximum absolute atomic E-state index is 12.8. The number of fused-ring (bicyclic) bond motifs is 1. The number of rotatable bonds is 6. The summed E-state index contributed by atoms with van der Waals surface area (Å²) in [4.78, 5) is 30.7. The highest BCUT2D eigenvalue weighted by atomic mass is 32.2. The fraction of sp³-hybridized carbons (Fsp3) is 0.667. The van der Waals surface area contributed by atoms with E-state index in [1.807, 2.05) is 0 Å². The van der Waals surface area contributed by atoms with E-state index in [1.54, 1.807) is 16.7 Å². The SMILES string of the molecule is CC(C)C1CCC(C(=O)CN2CCC(n3c(=O)[nH]c4cc(S(C)(=O)=O)ccc43)CC2)CC1. The predicted octanol–water partition coefficient (Wildman–Crippen LogP) is 3.40. The Morgan fingerprint density at radius 3 is 2.34 bits per heavy atom. The van der Waals surface area contributed by atoms with E-state index < -0.39 is 9.84 Å². The van der Waals surface area contributed by atoms with Gasteiger partial charge in [-0.05, 0) is 68.6 Å². The van der Waals surface area contributed by atoms with E-state index in [0.29, 0.717) is 23.8 Å². The van der Waals surface area contributed by atoms with Crippen molar-refractivity contribution >= 4 is 26.7 Å². The van der Waals surface area contributed by atoms with Crippen LogP contribution in [0.5, 0.6) is 0 Å². The van der Waals surface area contributed by atoms with Crippen LogP contribution in [0.25, 0.3) is 11.0 Å². The molecule has 0 spiro atoms. The molecule has 2 fully saturated rings. The number of carbonyl (C=O) groups is 1. The Balaban J connectivity index is 1.37. The zero-order chi connectivity index (χ0) is 23.0. The number of aromatic amines is 1. The molecule has 0 radical (unpaired) electrons. The van der Waals surface area contributed by atoms with Crippen molar-refractivity contribution in [1.29, 1.82) is 0 Å². The number of benzene rings is 1. The van der Waals surface area contributed by atoms with Gasteiger partial charge in [0.05, 0.1) is 22.5 Å². The number of hydrogen-bond donors (Lipinski definition) is 1. The molecule has 1 aliphatic carbocycles. The lowest BCUT2D eigenvalue weighted by Crippen LogP contribution is -2.41.